The fourth-order valence-electron chi connectivity index (χ4n) is 7.75. The fraction of sp³-hybridized carbons (Fsp3) is 0. The lowest BCUT2D eigenvalue weighted by Crippen LogP contribution is -1.92. The van der Waals surface area contributed by atoms with Gasteiger partial charge in [-0.1, -0.05) is 146 Å². The first-order valence-electron chi connectivity index (χ1n) is 16.2. The molecular formula is C46H28O. The molecule has 47 heavy (non-hydrogen) atoms. The van der Waals surface area contributed by atoms with Crippen molar-refractivity contribution in [3.05, 3.63) is 170 Å². The molecule has 0 spiro atoms. The Morgan fingerprint density at radius 3 is 1.55 bits per heavy atom. The van der Waals surface area contributed by atoms with Gasteiger partial charge in [-0.3, -0.25) is 0 Å². The summed E-state index contributed by atoms with van der Waals surface area (Å²) >= 11 is 0. The molecule has 0 aliphatic carbocycles. The Kier molecular flexibility index (Phi) is 5.64. The van der Waals surface area contributed by atoms with Gasteiger partial charge in [0.1, 0.15) is 11.2 Å². The molecule has 0 radical (unpaired) electrons. The van der Waals surface area contributed by atoms with Crippen molar-refractivity contribution in [3.63, 3.8) is 0 Å². The van der Waals surface area contributed by atoms with Gasteiger partial charge in [0.05, 0.1) is 0 Å². The van der Waals surface area contributed by atoms with Gasteiger partial charge in [-0.25, -0.2) is 0 Å². The maximum atomic E-state index is 6.15. The van der Waals surface area contributed by atoms with Crippen LogP contribution < -0.4 is 0 Å². The van der Waals surface area contributed by atoms with E-state index in [2.05, 4.69) is 158 Å². The molecule has 0 N–H and O–H groups in total. The highest BCUT2D eigenvalue weighted by molar-refractivity contribution is 6.24. The zero-order valence-electron chi connectivity index (χ0n) is 25.6. The normalized spacial score (nSPS) is 11.8. The monoisotopic (exact) mass is 596 g/mol. The SMILES string of the molecule is c1ccc2cc(-c3c4ccccc4c(-c4cccc5c(-c6ccc7oc8ccccc8c7c6)cccc45)c4ccccc34)ccc2c1. The van der Waals surface area contributed by atoms with Crippen LogP contribution in [0.1, 0.15) is 0 Å². The van der Waals surface area contributed by atoms with Crippen LogP contribution in [-0.4, -0.2) is 0 Å². The minimum Gasteiger partial charge on any atom is -0.456 e. The molecule has 1 aromatic heterocycles. The number of rotatable bonds is 3. The van der Waals surface area contributed by atoms with Gasteiger partial charge in [0.2, 0.25) is 0 Å². The van der Waals surface area contributed by atoms with Crippen molar-refractivity contribution in [2.75, 3.05) is 0 Å². The van der Waals surface area contributed by atoms with Gasteiger partial charge in [0.25, 0.3) is 0 Å². The number of furan rings is 1. The smallest absolute Gasteiger partial charge is 0.135 e. The Morgan fingerprint density at radius 2 is 0.809 bits per heavy atom. The first-order chi connectivity index (χ1) is 23.3. The van der Waals surface area contributed by atoms with Gasteiger partial charge >= 0.3 is 0 Å². The Bertz CT molecular complexity index is 2800. The van der Waals surface area contributed by atoms with Crippen LogP contribution in [0.15, 0.2) is 174 Å². The van der Waals surface area contributed by atoms with E-state index in [4.69, 9.17) is 4.42 Å². The van der Waals surface area contributed by atoms with Gasteiger partial charge in [0.15, 0.2) is 0 Å². The molecule has 10 aromatic rings. The van der Waals surface area contributed by atoms with E-state index in [1.165, 1.54) is 76.5 Å². The molecule has 0 saturated heterocycles. The molecule has 0 bridgehead atoms. The summed E-state index contributed by atoms with van der Waals surface area (Å²) in [7, 11) is 0. The summed E-state index contributed by atoms with van der Waals surface area (Å²) < 4.78 is 6.15. The van der Waals surface area contributed by atoms with E-state index < -0.39 is 0 Å². The number of hydrogen-bond acceptors (Lipinski definition) is 1. The van der Waals surface area contributed by atoms with E-state index in [1.807, 2.05) is 12.1 Å². The van der Waals surface area contributed by atoms with E-state index >= 15 is 0 Å². The van der Waals surface area contributed by atoms with E-state index in [9.17, 15) is 0 Å². The predicted octanol–water partition coefficient (Wildman–Crippen LogP) is 13.2. The second kappa shape index (κ2) is 10.2. The molecule has 218 valence electrons. The Balaban J connectivity index is 1.24. The van der Waals surface area contributed by atoms with E-state index in [-0.39, 0.29) is 0 Å². The third-order valence-corrected chi connectivity index (χ3v) is 9.85. The lowest BCUT2D eigenvalue weighted by molar-refractivity contribution is 0.669. The van der Waals surface area contributed by atoms with Crippen LogP contribution in [-0.2, 0) is 0 Å². The maximum Gasteiger partial charge on any atom is 0.135 e. The van der Waals surface area contributed by atoms with Gasteiger partial charge in [-0.05, 0) is 101 Å². The van der Waals surface area contributed by atoms with Crippen molar-refractivity contribution >= 4 is 65.0 Å². The first kappa shape index (κ1) is 26.1. The first-order valence-corrected chi connectivity index (χ1v) is 16.2. The number of benzene rings is 9. The van der Waals surface area contributed by atoms with Crippen LogP contribution >= 0.6 is 0 Å². The zero-order chi connectivity index (χ0) is 30.9. The standard InChI is InChI=1S/C46H28O/c1-2-12-30-27-32(24-23-29(30)11-1)45-38-14-3-5-16-40(38)46(41-17-6-4-15-39(41)45)37-21-10-19-34-33(18-9-20-35(34)37)31-25-26-44-42(28-31)36-13-7-8-22-43(36)47-44/h1-28H. The minimum atomic E-state index is 0.917. The molecule has 1 heterocycles. The van der Waals surface area contributed by atoms with Crippen molar-refractivity contribution in [2.24, 2.45) is 0 Å². The van der Waals surface area contributed by atoms with Gasteiger partial charge in [0, 0.05) is 10.8 Å². The summed E-state index contributed by atoms with van der Waals surface area (Å²) in [6, 6.07) is 61.7. The molecule has 0 aliphatic heterocycles. The maximum absolute atomic E-state index is 6.15. The highest BCUT2D eigenvalue weighted by Gasteiger charge is 2.19. The Morgan fingerprint density at radius 1 is 0.277 bits per heavy atom. The van der Waals surface area contributed by atoms with Crippen molar-refractivity contribution in [1.82, 2.24) is 0 Å². The number of hydrogen-bond donors (Lipinski definition) is 0. The number of fused-ring (bicyclic) bond motifs is 7. The van der Waals surface area contributed by atoms with Crippen LogP contribution in [0.3, 0.4) is 0 Å². The minimum absolute atomic E-state index is 0.917. The summed E-state index contributed by atoms with van der Waals surface area (Å²) in [6.07, 6.45) is 0. The Hall–Kier alpha value is -6.18. The van der Waals surface area contributed by atoms with Crippen molar-refractivity contribution in [1.29, 1.82) is 0 Å². The summed E-state index contributed by atoms with van der Waals surface area (Å²) in [4.78, 5) is 0. The van der Waals surface area contributed by atoms with Crippen LogP contribution in [0.4, 0.5) is 0 Å². The molecule has 1 heteroatoms. The predicted molar refractivity (Wildman–Crippen MR) is 200 cm³/mol. The average molecular weight is 597 g/mol. The largest absolute Gasteiger partial charge is 0.456 e. The van der Waals surface area contributed by atoms with Crippen LogP contribution in [0.25, 0.3) is 98.4 Å². The molecule has 0 aliphatic rings. The topological polar surface area (TPSA) is 13.1 Å². The van der Waals surface area contributed by atoms with Gasteiger partial charge in [-0.2, -0.15) is 0 Å². The molecule has 1 nitrogen and oxygen atoms in total. The third kappa shape index (κ3) is 3.97. The lowest BCUT2D eigenvalue weighted by atomic mass is 9.84. The van der Waals surface area contributed by atoms with E-state index in [1.54, 1.807) is 0 Å². The molecule has 0 unspecified atom stereocenters. The second-order valence-corrected chi connectivity index (χ2v) is 12.4. The zero-order valence-corrected chi connectivity index (χ0v) is 25.6. The summed E-state index contributed by atoms with van der Waals surface area (Å²) in [5.74, 6) is 0. The molecule has 9 aromatic carbocycles. The van der Waals surface area contributed by atoms with E-state index in [0.29, 0.717) is 0 Å². The average Bonchev–Trinajstić information content (AvgIpc) is 3.51. The second-order valence-electron chi connectivity index (χ2n) is 12.4. The molecule has 0 atom stereocenters. The van der Waals surface area contributed by atoms with E-state index in [0.717, 1.165) is 21.9 Å². The van der Waals surface area contributed by atoms with Gasteiger partial charge in [-0.15, -0.1) is 0 Å². The van der Waals surface area contributed by atoms with Crippen molar-refractivity contribution in [2.45, 2.75) is 0 Å². The molecule has 10 rings (SSSR count). The van der Waals surface area contributed by atoms with Crippen molar-refractivity contribution in [3.8, 4) is 33.4 Å². The quantitative estimate of drug-likeness (QED) is 0.185. The summed E-state index contributed by atoms with van der Waals surface area (Å²) in [5, 5.41) is 12.3. The fourth-order valence-corrected chi connectivity index (χ4v) is 7.75. The molecule has 0 amide bonds. The van der Waals surface area contributed by atoms with Crippen LogP contribution in [0.2, 0.25) is 0 Å². The van der Waals surface area contributed by atoms with Gasteiger partial charge < -0.3 is 4.42 Å². The number of para-hydroxylation sites is 1. The molecule has 0 fully saturated rings. The summed E-state index contributed by atoms with van der Waals surface area (Å²) in [6.45, 7) is 0. The molecule has 0 saturated carbocycles. The third-order valence-electron chi connectivity index (χ3n) is 9.85. The molecular weight excluding hydrogens is 569 g/mol. The Labute approximate surface area is 271 Å². The highest BCUT2D eigenvalue weighted by Crippen LogP contribution is 2.46. The van der Waals surface area contributed by atoms with Crippen molar-refractivity contribution < 1.29 is 4.42 Å². The highest BCUT2D eigenvalue weighted by atomic mass is 16.3. The summed E-state index contributed by atoms with van der Waals surface area (Å²) in [5.41, 5.74) is 9.30. The van der Waals surface area contributed by atoms with Crippen LogP contribution in [0.5, 0.6) is 0 Å². The lowest BCUT2D eigenvalue weighted by Gasteiger charge is -2.19. The van der Waals surface area contributed by atoms with Crippen LogP contribution in [0, 0.1) is 0 Å².